The number of aliphatic hydroxyl groups is 1. The number of benzene rings is 2. The predicted octanol–water partition coefficient (Wildman–Crippen LogP) is 1.51. The molecule has 0 fully saturated rings. The standard InChI is InChI=1S/C14H17NO4S/c1-10(16)9-15-20(17,18)14-6-4-11-7-13(19-2)5-3-12(11)8-14/h3-8,10,15-16H,9H2,1-2H3/t10-/m0/s1. The van der Waals surface area contributed by atoms with Crippen molar-refractivity contribution in [3.05, 3.63) is 36.4 Å². The van der Waals surface area contributed by atoms with Gasteiger partial charge in [0.25, 0.3) is 0 Å². The van der Waals surface area contributed by atoms with Crippen LogP contribution in [-0.4, -0.2) is 33.3 Å². The third kappa shape index (κ3) is 3.27. The number of aliphatic hydroxyl groups excluding tert-OH is 1. The van der Waals surface area contributed by atoms with E-state index in [0.717, 1.165) is 16.5 Å². The van der Waals surface area contributed by atoms with Gasteiger partial charge in [-0.2, -0.15) is 0 Å². The van der Waals surface area contributed by atoms with Crippen molar-refractivity contribution in [3.8, 4) is 5.75 Å². The van der Waals surface area contributed by atoms with Gasteiger partial charge in [0.1, 0.15) is 5.75 Å². The van der Waals surface area contributed by atoms with E-state index in [0.29, 0.717) is 0 Å². The molecular formula is C14H17NO4S. The number of ether oxygens (including phenoxy) is 1. The van der Waals surface area contributed by atoms with Crippen LogP contribution < -0.4 is 9.46 Å². The highest BCUT2D eigenvalue weighted by atomic mass is 32.2. The van der Waals surface area contributed by atoms with Gasteiger partial charge >= 0.3 is 0 Å². The molecule has 2 N–H and O–H groups in total. The minimum Gasteiger partial charge on any atom is -0.497 e. The first-order valence-corrected chi connectivity index (χ1v) is 7.66. The number of nitrogens with one attached hydrogen (secondary N) is 1. The van der Waals surface area contributed by atoms with E-state index in [9.17, 15) is 8.42 Å². The summed E-state index contributed by atoms with van der Waals surface area (Å²) in [5, 5.41) is 10.9. The molecule has 0 amide bonds. The van der Waals surface area contributed by atoms with Gasteiger partial charge in [-0.15, -0.1) is 0 Å². The van der Waals surface area contributed by atoms with E-state index in [1.165, 1.54) is 13.0 Å². The van der Waals surface area contributed by atoms with Crippen molar-refractivity contribution in [2.45, 2.75) is 17.9 Å². The highest BCUT2D eigenvalue weighted by Gasteiger charge is 2.15. The van der Waals surface area contributed by atoms with Crippen LogP contribution in [0.15, 0.2) is 41.3 Å². The highest BCUT2D eigenvalue weighted by Crippen LogP contribution is 2.23. The minimum absolute atomic E-state index is 0.0109. The van der Waals surface area contributed by atoms with Crippen LogP contribution in [0.3, 0.4) is 0 Å². The van der Waals surface area contributed by atoms with Gasteiger partial charge in [-0.3, -0.25) is 0 Å². The average Bonchev–Trinajstić information content (AvgIpc) is 2.44. The normalized spacial score (nSPS) is 13.3. The predicted molar refractivity (Wildman–Crippen MR) is 77.4 cm³/mol. The van der Waals surface area contributed by atoms with Crippen molar-refractivity contribution in [2.24, 2.45) is 0 Å². The fraction of sp³-hybridized carbons (Fsp3) is 0.286. The summed E-state index contributed by atoms with van der Waals surface area (Å²) in [6, 6.07) is 10.3. The Morgan fingerprint density at radius 2 is 1.85 bits per heavy atom. The van der Waals surface area contributed by atoms with Crippen LogP contribution in [-0.2, 0) is 10.0 Å². The second-order valence-electron chi connectivity index (χ2n) is 4.58. The first kappa shape index (κ1) is 14.8. The first-order valence-electron chi connectivity index (χ1n) is 6.18. The van der Waals surface area contributed by atoms with Crippen LogP contribution >= 0.6 is 0 Å². The van der Waals surface area contributed by atoms with Gasteiger partial charge in [0, 0.05) is 6.54 Å². The fourth-order valence-electron chi connectivity index (χ4n) is 1.81. The summed E-state index contributed by atoms with van der Waals surface area (Å²) in [7, 11) is -2.02. The van der Waals surface area contributed by atoms with Crippen LogP contribution in [0.5, 0.6) is 5.75 Å². The van der Waals surface area contributed by atoms with Gasteiger partial charge in [-0.25, -0.2) is 13.1 Å². The number of fused-ring (bicyclic) bond motifs is 1. The monoisotopic (exact) mass is 295 g/mol. The Kier molecular flexibility index (Phi) is 4.27. The van der Waals surface area contributed by atoms with Crippen LogP contribution in [0, 0.1) is 0 Å². The summed E-state index contributed by atoms with van der Waals surface area (Å²) in [6.45, 7) is 1.51. The average molecular weight is 295 g/mol. The summed E-state index contributed by atoms with van der Waals surface area (Å²) >= 11 is 0. The lowest BCUT2D eigenvalue weighted by molar-refractivity contribution is 0.198. The van der Waals surface area contributed by atoms with E-state index in [1.807, 2.05) is 12.1 Å². The summed E-state index contributed by atoms with van der Waals surface area (Å²) in [6.07, 6.45) is -0.727. The zero-order chi connectivity index (χ0) is 14.8. The van der Waals surface area contributed by atoms with Gasteiger partial charge in [-0.05, 0) is 42.0 Å². The Morgan fingerprint density at radius 3 is 2.50 bits per heavy atom. The zero-order valence-electron chi connectivity index (χ0n) is 11.3. The molecule has 1 atom stereocenters. The Balaban J connectivity index is 2.36. The van der Waals surface area contributed by atoms with Crippen LogP contribution in [0.2, 0.25) is 0 Å². The van der Waals surface area contributed by atoms with Crippen molar-refractivity contribution < 1.29 is 18.3 Å². The van der Waals surface area contributed by atoms with Gasteiger partial charge in [0.05, 0.1) is 18.1 Å². The Morgan fingerprint density at radius 1 is 1.20 bits per heavy atom. The number of hydrogen-bond donors (Lipinski definition) is 2. The maximum absolute atomic E-state index is 12.1. The van der Waals surface area contributed by atoms with Crippen molar-refractivity contribution in [2.75, 3.05) is 13.7 Å². The van der Waals surface area contributed by atoms with E-state index >= 15 is 0 Å². The third-order valence-corrected chi connectivity index (χ3v) is 4.32. The largest absolute Gasteiger partial charge is 0.497 e. The molecule has 0 radical (unpaired) electrons. The second kappa shape index (κ2) is 5.78. The molecule has 0 unspecified atom stereocenters. The molecule has 0 bridgehead atoms. The number of sulfonamides is 1. The van der Waals surface area contributed by atoms with E-state index < -0.39 is 16.1 Å². The van der Waals surface area contributed by atoms with Crippen LogP contribution in [0.25, 0.3) is 10.8 Å². The van der Waals surface area contributed by atoms with Crippen LogP contribution in [0.4, 0.5) is 0 Å². The summed E-state index contributed by atoms with van der Waals surface area (Å²) in [4.78, 5) is 0.177. The quantitative estimate of drug-likeness (QED) is 0.876. The van der Waals surface area contributed by atoms with E-state index in [2.05, 4.69) is 4.72 Å². The van der Waals surface area contributed by atoms with E-state index in [4.69, 9.17) is 9.84 Å². The topological polar surface area (TPSA) is 75.6 Å². The van der Waals surface area contributed by atoms with Crippen LogP contribution in [0.1, 0.15) is 6.92 Å². The van der Waals surface area contributed by atoms with E-state index in [-0.39, 0.29) is 11.4 Å². The highest BCUT2D eigenvalue weighted by molar-refractivity contribution is 7.89. The summed E-state index contributed by atoms with van der Waals surface area (Å²) < 4.78 is 31.6. The van der Waals surface area contributed by atoms with Gasteiger partial charge in [0.15, 0.2) is 0 Å². The van der Waals surface area contributed by atoms with Crippen molar-refractivity contribution in [1.29, 1.82) is 0 Å². The smallest absolute Gasteiger partial charge is 0.240 e. The lowest BCUT2D eigenvalue weighted by Gasteiger charge is -2.09. The molecular weight excluding hydrogens is 278 g/mol. The molecule has 0 aromatic heterocycles. The first-order chi connectivity index (χ1) is 9.42. The molecule has 0 aliphatic heterocycles. The SMILES string of the molecule is COc1ccc2cc(S(=O)(=O)NC[C@H](C)O)ccc2c1. The number of hydrogen-bond acceptors (Lipinski definition) is 4. The lowest BCUT2D eigenvalue weighted by atomic mass is 10.1. The molecule has 0 saturated heterocycles. The molecule has 0 aliphatic carbocycles. The molecule has 2 aromatic carbocycles. The van der Waals surface area contributed by atoms with Crippen molar-refractivity contribution >= 4 is 20.8 Å². The maximum Gasteiger partial charge on any atom is 0.240 e. The summed E-state index contributed by atoms with van der Waals surface area (Å²) in [5.41, 5.74) is 0. The maximum atomic E-state index is 12.1. The van der Waals surface area contributed by atoms with Crippen molar-refractivity contribution in [3.63, 3.8) is 0 Å². The molecule has 6 heteroatoms. The summed E-state index contributed by atoms with van der Waals surface area (Å²) in [5.74, 6) is 0.723. The number of rotatable bonds is 5. The molecule has 5 nitrogen and oxygen atoms in total. The molecule has 0 aliphatic rings. The lowest BCUT2D eigenvalue weighted by Crippen LogP contribution is -2.30. The minimum atomic E-state index is -3.60. The van der Waals surface area contributed by atoms with E-state index in [1.54, 1.807) is 25.3 Å². The molecule has 0 spiro atoms. The molecule has 2 rings (SSSR count). The Labute approximate surface area is 118 Å². The van der Waals surface area contributed by atoms with Gasteiger partial charge < -0.3 is 9.84 Å². The zero-order valence-corrected chi connectivity index (χ0v) is 12.1. The number of methoxy groups -OCH3 is 1. The molecule has 20 heavy (non-hydrogen) atoms. The second-order valence-corrected chi connectivity index (χ2v) is 6.34. The van der Waals surface area contributed by atoms with Crippen molar-refractivity contribution in [1.82, 2.24) is 4.72 Å². The third-order valence-electron chi connectivity index (χ3n) is 2.90. The Bertz CT molecular complexity index is 710. The molecule has 0 saturated carbocycles. The molecule has 108 valence electrons. The molecule has 0 heterocycles. The fourth-order valence-corrected chi connectivity index (χ4v) is 2.97. The Hall–Kier alpha value is -1.63. The molecule has 2 aromatic rings. The van der Waals surface area contributed by atoms with Gasteiger partial charge in [-0.1, -0.05) is 12.1 Å². The van der Waals surface area contributed by atoms with Gasteiger partial charge in [0.2, 0.25) is 10.0 Å².